The first kappa shape index (κ1) is 26.3. The van der Waals surface area contributed by atoms with Crippen LogP contribution >= 0.6 is 0 Å². The summed E-state index contributed by atoms with van der Waals surface area (Å²) in [7, 11) is 2.15. The Balaban J connectivity index is 2.00. The van der Waals surface area contributed by atoms with Crippen LogP contribution in [0.4, 0.5) is 26.3 Å². The number of aromatic nitrogens is 2. The standard InChI is InChI=1S/C24H15F6N3O5/c1-36-21-16(4-3-11(25)20(21)27)38-17-6-10(24(28,29)30)12(26)5-9(17)13-7-15(34)18-14(33-13)8-32-23(37-2)19(18)22(31)35/h3-8H,1-2H3,(H2,31,35)(H,33,34). The molecule has 0 aliphatic carbocycles. The maximum atomic E-state index is 14.6. The molecule has 198 valence electrons. The van der Waals surface area contributed by atoms with Gasteiger partial charge >= 0.3 is 6.18 Å². The van der Waals surface area contributed by atoms with Gasteiger partial charge in [-0.05, 0) is 24.3 Å². The van der Waals surface area contributed by atoms with Crippen LogP contribution in [-0.2, 0) is 6.18 Å². The van der Waals surface area contributed by atoms with Crippen molar-refractivity contribution in [1.82, 2.24) is 9.97 Å². The molecule has 4 aromatic rings. The summed E-state index contributed by atoms with van der Waals surface area (Å²) in [5.74, 6) is -7.84. The number of carbonyl (C=O) groups is 1. The molecular weight excluding hydrogens is 524 g/mol. The predicted octanol–water partition coefficient (Wildman–Crippen LogP) is 4.93. The van der Waals surface area contributed by atoms with Crippen molar-refractivity contribution in [1.29, 1.82) is 0 Å². The third-order valence-electron chi connectivity index (χ3n) is 5.38. The monoisotopic (exact) mass is 539 g/mol. The molecule has 38 heavy (non-hydrogen) atoms. The number of halogens is 6. The molecule has 2 aromatic carbocycles. The molecule has 4 rings (SSSR count). The number of amides is 1. The van der Waals surface area contributed by atoms with Crippen molar-refractivity contribution < 1.29 is 45.3 Å². The molecule has 0 unspecified atom stereocenters. The van der Waals surface area contributed by atoms with Gasteiger partial charge in [-0.25, -0.2) is 13.8 Å². The first-order valence-electron chi connectivity index (χ1n) is 10.4. The molecule has 0 bridgehead atoms. The van der Waals surface area contributed by atoms with Crippen LogP contribution in [0.3, 0.4) is 0 Å². The summed E-state index contributed by atoms with van der Waals surface area (Å²) in [4.78, 5) is 31.5. The van der Waals surface area contributed by atoms with E-state index in [2.05, 4.69) is 9.97 Å². The lowest BCUT2D eigenvalue weighted by Gasteiger charge is -2.18. The maximum absolute atomic E-state index is 14.6. The third-order valence-corrected chi connectivity index (χ3v) is 5.38. The molecule has 2 heterocycles. The molecule has 0 spiro atoms. The van der Waals surface area contributed by atoms with Gasteiger partial charge in [0.05, 0.1) is 42.6 Å². The average molecular weight is 539 g/mol. The lowest BCUT2D eigenvalue weighted by atomic mass is 10.0. The van der Waals surface area contributed by atoms with Crippen molar-refractivity contribution in [3.8, 4) is 34.4 Å². The highest BCUT2D eigenvalue weighted by molar-refractivity contribution is 6.07. The largest absolute Gasteiger partial charge is 0.490 e. The number of methoxy groups -OCH3 is 2. The summed E-state index contributed by atoms with van der Waals surface area (Å²) in [6.07, 6.45) is -4.07. The van der Waals surface area contributed by atoms with Gasteiger partial charge in [0.2, 0.25) is 17.4 Å². The van der Waals surface area contributed by atoms with Gasteiger partial charge < -0.3 is 24.9 Å². The van der Waals surface area contributed by atoms with Crippen LogP contribution in [0.2, 0.25) is 0 Å². The Labute approximate surface area is 208 Å². The molecular formula is C24H15F6N3O5. The number of hydrogen-bond donors (Lipinski definition) is 2. The van der Waals surface area contributed by atoms with Gasteiger partial charge in [-0.2, -0.15) is 17.6 Å². The Morgan fingerprint density at radius 1 is 1.00 bits per heavy atom. The minimum atomic E-state index is -5.16. The van der Waals surface area contributed by atoms with E-state index >= 15 is 0 Å². The van der Waals surface area contributed by atoms with Crippen LogP contribution in [0.25, 0.3) is 22.2 Å². The zero-order valence-electron chi connectivity index (χ0n) is 19.3. The Bertz CT molecular complexity index is 1650. The number of alkyl halides is 3. The van der Waals surface area contributed by atoms with E-state index in [1.165, 1.54) is 7.11 Å². The third kappa shape index (κ3) is 4.55. The minimum absolute atomic E-state index is 0.0984. The van der Waals surface area contributed by atoms with E-state index < -0.39 is 63.3 Å². The summed E-state index contributed by atoms with van der Waals surface area (Å²) in [6.45, 7) is 0. The number of rotatable bonds is 6. The fourth-order valence-corrected chi connectivity index (χ4v) is 3.73. The molecule has 0 saturated carbocycles. The number of H-pyrrole nitrogens is 1. The van der Waals surface area contributed by atoms with E-state index in [0.29, 0.717) is 12.1 Å². The van der Waals surface area contributed by atoms with Crippen molar-refractivity contribution in [3.05, 3.63) is 75.3 Å². The van der Waals surface area contributed by atoms with Crippen molar-refractivity contribution in [2.45, 2.75) is 6.18 Å². The maximum Gasteiger partial charge on any atom is 0.419 e. The number of primary amides is 1. The average Bonchev–Trinajstić information content (AvgIpc) is 2.85. The number of aromatic amines is 1. The number of benzene rings is 2. The fraction of sp³-hybridized carbons (Fsp3) is 0.125. The molecule has 14 heteroatoms. The van der Waals surface area contributed by atoms with E-state index in [1.807, 2.05) is 0 Å². The highest BCUT2D eigenvalue weighted by Crippen LogP contribution is 2.43. The number of fused-ring (bicyclic) bond motifs is 1. The molecule has 2 aromatic heterocycles. The van der Waals surface area contributed by atoms with Crippen LogP contribution < -0.4 is 25.4 Å². The Kier molecular flexibility index (Phi) is 6.65. The van der Waals surface area contributed by atoms with Gasteiger partial charge in [-0.1, -0.05) is 0 Å². The number of nitrogens with one attached hydrogen (secondary N) is 1. The van der Waals surface area contributed by atoms with Crippen molar-refractivity contribution in [2.24, 2.45) is 5.73 Å². The molecule has 0 fully saturated rings. The SMILES string of the molecule is COc1ncc2[nH]c(-c3cc(F)c(C(F)(F)F)cc3Oc3ccc(F)c(F)c3OC)cc(=O)c2c1C(N)=O. The highest BCUT2D eigenvalue weighted by atomic mass is 19.4. The van der Waals surface area contributed by atoms with Crippen LogP contribution in [0.15, 0.2) is 41.3 Å². The van der Waals surface area contributed by atoms with Crippen LogP contribution in [0, 0.1) is 17.5 Å². The van der Waals surface area contributed by atoms with Crippen LogP contribution in [0.5, 0.6) is 23.1 Å². The van der Waals surface area contributed by atoms with Gasteiger partial charge in [0, 0.05) is 11.6 Å². The van der Waals surface area contributed by atoms with Crippen molar-refractivity contribution in [2.75, 3.05) is 14.2 Å². The zero-order valence-corrected chi connectivity index (χ0v) is 19.3. The van der Waals surface area contributed by atoms with Crippen molar-refractivity contribution in [3.63, 3.8) is 0 Å². The summed E-state index contributed by atoms with van der Waals surface area (Å²) in [6, 6.07) is 3.10. The first-order chi connectivity index (χ1) is 17.9. The second kappa shape index (κ2) is 9.61. The number of pyridine rings is 2. The van der Waals surface area contributed by atoms with Gasteiger partial charge in [-0.15, -0.1) is 0 Å². The van der Waals surface area contributed by atoms with E-state index in [9.17, 15) is 35.9 Å². The topological polar surface area (TPSA) is 117 Å². The molecule has 0 aliphatic rings. The number of nitrogens with zero attached hydrogens (tertiary/aromatic N) is 1. The van der Waals surface area contributed by atoms with Gasteiger partial charge in [0.25, 0.3) is 5.91 Å². The summed E-state index contributed by atoms with van der Waals surface area (Å²) >= 11 is 0. The minimum Gasteiger partial charge on any atom is -0.490 e. The molecule has 0 radical (unpaired) electrons. The molecule has 8 nitrogen and oxygen atoms in total. The second-order valence-electron chi connectivity index (χ2n) is 7.66. The quantitative estimate of drug-likeness (QED) is 0.336. The first-order valence-corrected chi connectivity index (χ1v) is 10.4. The van der Waals surface area contributed by atoms with Gasteiger partial charge in [-0.3, -0.25) is 9.59 Å². The summed E-state index contributed by atoms with van der Waals surface area (Å²) in [5, 5.41) is -0.245. The van der Waals surface area contributed by atoms with Crippen LogP contribution in [-0.4, -0.2) is 30.1 Å². The van der Waals surface area contributed by atoms with Gasteiger partial charge in [0.1, 0.15) is 17.1 Å². The van der Waals surface area contributed by atoms with Crippen LogP contribution in [0.1, 0.15) is 15.9 Å². The van der Waals surface area contributed by atoms with Gasteiger partial charge in [0.15, 0.2) is 17.0 Å². The van der Waals surface area contributed by atoms with E-state index in [-0.39, 0.29) is 34.1 Å². The fourth-order valence-electron chi connectivity index (χ4n) is 3.73. The van der Waals surface area contributed by atoms with E-state index in [1.54, 1.807) is 0 Å². The van der Waals surface area contributed by atoms with Crippen molar-refractivity contribution >= 4 is 16.8 Å². The number of hydrogen-bond acceptors (Lipinski definition) is 6. The lowest BCUT2D eigenvalue weighted by Crippen LogP contribution is -2.18. The number of ether oxygens (including phenoxy) is 3. The molecule has 1 amide bonds. The Morgan fingerprint density at radius 2 is 1.71 bits per heavy atom. The Morgan fingerprint density at radius 3 is 2.32 bits per heavy atom. The summed E-state index contributed by atoms with van der Waals surface area (Å²) < 4.78 is 98.0. The molecule has 3 N–H and O–H groups in total. The number of carbonyl (C=O) groups excluding carboxylic acids is 1. The smallest absolute Gasteiger partial charge is 0.419 e. The lowest BCUT2D eigenvalue weighted by molar-refractivity contribution is -0.140. The highest BCUT2D eigenvalue weighted by Gasteiger charge is 2.36. The molecule has 0 atom stereocenters. The Hall–Kier alpha value is -4.75. The van der Waals surface area contributed by atoms with E-state index in [0.717, 1.165) is 25.4 Å². The molecule has 0 aliphatic heterocycles. The normalized spacial score (nSPS) is 11.5. The summed E-state index contributed by atoms with van der Waals surface area (Å²) in [5.41, 5.74) is 1.63. The molecule has 0 saturated heterocycles. The second-order valence-corrected chi connectivity index (χ2v) is 7.66. The predicted molar refractivity (Wildman–Crippen MR) is 121 cm³/mol. The number of nitrogens with two attached hydrogens (primary N) is 1. The zero-order chi connectivity index (χ0) is 27.9. The van der Waals surface area contributed by atoms with E-state index in [4.69, 9.17) is 19.9 Å².